The van der Waals surface area contributed by atoms with E-state index >= 15 is 0 Å². The maximum absolute atomic E-state index is 12.3. The molecular weight excluding hydrogens is 264 g/mol. The van der Waals surface area contributed by atoms with Gasteiger partial charge in [-0.2, -0.15) is 5.10 Å². The van der Waals surface area contributed by atoms with Gasteiger partial charge in [0, 0.05) is 19.0 Å². The molecular formula is C16H28N4O. The average Bonchev–Trinajstić information content (AvgIpc) is 2.82. The quantitative estimate of drug-likeness (QED) is 0.890. The Morgan fingerprint density at radius 2 is 2.29 bits per heavy atom. The molecule has 2 rings (SSSR count). The van der Waals surface area contributed by atoms with Gasteiger partial charge in [0.05, 0.1) is 5.69 Å². The van der Waals surface area contributed by atoms with Crippen LogP contribution in [-0.4, -0.2) is 35.3 Å². The molecule has 21 heavy (non-hydrogen) atoms. The smallest absolute Gasteiger partial charge is 0.269 e. The van der Waals surface area contributed by atoms with Gasteiger partial charge in [-0.3, -0.25) is 9.48 Å². The van der Waals surface area contributed by atoms with Gasteiger partial charge in [-0.05, 0) is 44.3 Å². The van der Waals surface area contributed by atoms with Gasteiger partial charge in [0.1, 0.15) is 5.69 Å². The first kappa shape index (κ1) is 16.0. The van der Waals surface area contributed by atoms with Gasteiger partial charge in [0.25, 0.3) is 5.91 Å². The summed E-state index contributed by atoms with van der Waals surface area (Å²) in [5, 5.41) is 10.9. The summed E-state index contributed by atoms with van der Waals surface area (Å²) in [6.45, 7) is 9.26. The molecule has 1 fully saturated rings. The fourth-order valence-corrected chi connectivity index (χ4v) is 2.70. The molecule has 0 aliphatic carbocycles. The van der Waals surface area contributed by atoms with Crippen LogP contribution in [0, 0.1) is 5.92 Å². The minimum atomic E-state index is -0.0376. The molecule has 1 aliphatic rings. The number of nitrogens with zero attached hydrogens (tertiary/aromatic N) is 2. The molecule has 1 aromatic heterocycles. The topological polar surface area (TPSA) is 59.0 Å². The van der Waals surface area contributed by atoms with Crippen molar-refractivity contribution in [1.82, 2.24) is 20.4 Å². The number of hydrogen-bond acceptors (Lipinski definition) is 3. The number of piperidine rings is 1. The number of carbonyl (C=O) groups excluding carboxylic acids is 1. The Balaban J connectivity index is 1.87. The van der Waals surface area contributed by atoms with Crippen LogP contribution < -0.4 is 10.6 Å². The number of aryl methyl sites for hydroxylation is 1. The molecule has 2 N–H and O–H groups in total. The normalized spacial score (nSPS) is 19.5. The predicted octanol–water partition coefficient (Wildman–Crippen LogP) is 1.84. The molecule has 1 aromatic rings. The Hall–Kier alpha value is -1.36. The zero-order valence-corrected chi connectivity index (χ0v) is 13.7. The van der Waals surface area contributed by atoms with Crippen molar-refractivity contribution in [3.05, 3.63) is 17.5 Å². The van der Waals surface area contributed by atoms with Crippen LogP contribution in [0.3, 0.4) is 0 Å². The molecule has 2 heterocycles. The minimum Gasteiger partial charge on any atom is -0.351 e. The van der Waals surface area contributed by atoms with E-state index in [9.17, 15) is 4.79 Å². The van der Waals surface area contributed by atoms with E-state index in [1.165, 1.54) is 12.8 Å². The first-order chi connectivity index (χ1) is 9.88. The maximum Gasteiger partial charge on any atom is 0.269 e. The Morgan fingerprint density at radius 1 is 1.52 bits per heavy atom. The van der Waals surface area contributed by atoms with Gasteiger partial charge >= 0.3 is 0 Å². The number of aromatic nitrogens is 2. The molecule has 0 aromatic carbocycles. The van der Waals surface area contributed by atoms with Crippen molar-refractivity contribution < 1.29 is 4.79 Å². The zero-order valence-electron chi connectivity index (χ0n) is 13.7. The van der Waals surface area contributed by atoms with Gasteiger partial charge < -0.3 is 10.6 Å². The lowest BCUT2D eigenvalue weighted by Crippen LogP contribution is -2.33. The van der Waals surface area contributed by atoms with Crippen molar-refractivity contribution in [3.63, 3.8) is 0 Å². The number of hydrogen-bond donors (Lipinski definition) is 2. The summed E-state index contributed by atoms with van der Waals surface area (Å²) in [6, 6.07) is 1.90. The molecule has 5 heteroatoms. The molecule has 0 saturated carbocycles. The van der Waals surface area contributed by atoms with Crippen molar-refractivity contribution in [3.8, 4) is 0 Å². The second-order valence-electron chi connectivity index (χ2n) is 7.05. The van der Waals surface area contributed by atoms with E-state index in [0.29, 0.717) is 11.6 Å². The van der Waals surface area contributed by atoms with Crippen LogP contribution in [-0.2, 0) is 12.5 Å². The summed E-state index contributed by atoms with van der Waals surface area (Å²) in [6.07, 6.45) is 3.56. The first-order valence-corrected chi connectivity index (χ1v) is 7.91. The lowest BCUT2D eigenvalue weighted by molar-refractivity contribution is 0.0941. The van der Waals surface area contributed by atoms with E-state index in [-0.39, 0.29) is 11.3 Å². The number of rotatable bonds is 4. The monoisotopic (exact) mass is 292 g/mol. The molecule has 5 nitrogen and oxygen atoms in total. The molecule has 1 aliphatic heterocycles. The SMILES string of the molecule is Cn1nc(C(C)(C)C)cc1C(=O)NCCC1CCCNC1. The van der Waals surface area contributed by atoms with Crippen LogP contribution in [0.5, 0.6) is 0 Å². The number of carbonyl (C=O) groups is 1. The van der Waals surface area contributed by atoms with E-state index in [0.717, 1.165) is 31.7 Å². The molecule has 0 radical (unpaired) electrons. The van der Waals surface area contributed by atoms with E-state index in [1.807, 2.05) is 13.1 Å². The highest BCUT2D eigenvalue weighted by Gasteiger charge is 2.21. The van der Waals surface area contributed by atoms with E-state index in [4.69, 9.17) is 0 Å². The molecule has 0 spiro atoms. The Bertz CT molecular complexity index is 481. The Morgan fingerprint density at radius 3 is 2.86 bits per heavy atom. The van der Waals surface area contributed by atoms with E-state index in [1.54, 1.807) is 4.68 Å². The summed E-state index contributed by atoms with van der Waals surface area (Å²) in [4.78, 5) is 12.3. The molecule has 118 valence electrons. The van der Waals surface area contributed by atoms with Crippen LogP contribution in [0.4, 0.5) is 0 Å². The minimum absolute atomic E-state index is 0.0238. The summed E-state index contributed by atoms with van der Waals surface area (Å²) in [7, 11) is 1.83. The second-order valence-corrected chi connectivity index (χ2v) is 7.05. The third-order valence-electron chi connectivity index (χ3n) is 4.12. The number of nitrogens with one attached hydrogen (secondary N) is 2. The van der Waals surface area contributed by atoms with Crippen LogP contribution >= 0.6 is 0 Å². The first-order valence-electron chi connectivity index (χ1n) is 7.91. The van der Waals surface area contributed by atoms with Gasteiger partial charge in [-0.15, -0.1) is 0 Å². The third-order valence-corrected chi connectivity index (χ3v) is 4.12. The fraction of sp³-hybridized carbons (Fsp3) is 0.750. The second kappa shape index (κ2) is 6.60. The highest BCUT2D eigenvalue weighted by atomic mass is 16.2. The third kappa shape index (κ3) is 4.30. The number of amides is 1. The van der Waals surface area contributed by atoms with Crippen molar-refractivity contribution in [2.75, 3.05) is 19.6 Å². The van der Waals surface area contributed by atoms with Crippen LogP contribution in [0.15, 0.2) is 6.07 Å². The van der Waals surface area contributed by atoms with Gasteiger partial charge in [0.2, 0.25) is 0 Å². The predicted molar refractivity (Wildman–Crippen MR) is 84.5 cm³/mol. The van der Waals surface area contributed by atoms with Gasteiger partial charge in [0.15, 0.2) is 0 Å². The molecule has 1 saturated heterocycles. The van der Waals surface area contributed by atoms with Crippen molar-refractivity contribution >= 4 is 5.91 Å². The van der Waals surface area contributed by atoms with E-state index < -0.39 is 0 Å². The Labute approximate surface area is 127 Å². The highest BCUT2D eigenvalue weighted by molar-refractivity contribution is 5.92. The van der Waals surface area contributed by atoms with Crippen LogP contribution in [0.25, 0.3) is 0 Å². The van der Waals surface area contributed by atoms with Crippen molar-refractivity contribution in [1.29, 1.82) is 0 Å². The van der Waals surface area contributed by atoms with Gasteiger partial charge in [-0.1, -0.05) is 20.8 Å². The van der Waals surface area contributed by atoms with E-state index in [2.05, 4.69) is 36.5 Å². The molecule has 1 atom stereocenters. The van der Waals surface area contributed by atoms with Crippen molar-refractivity contribution in [2.45, 2.75) is 45.4 Å². The lowest BCUT2D eigenvalue weighted by Gasteiger charge is -2.22. The maximum atomic E-state index is 12.3. The largest absolute Gasteiger partial charge is 0.351 e. The van der Waals surface area contributed by atoms with Gasteiger partial charge in [-0.25, -0.2) is 0 Å². The average molecular weight is 292 g/mol. The standard InChI is InChI=1S/C16H28N4O/c1-16(2,3)14-10-13(20(4)19-14)15(21)18-9-7-12-6-5-8-17-11-12/h10,12,17H,5-9,11H2,1-4H3,(H,18,21). The lowest BCUT2D eigenvalue weighted by atomic mass is 9.92. The zero-order chi connectivity index (χ0) is 15.5. The van der Waals surface area contributed by atoms with Crippen LogP contribution in [0.1, 0.15) is 56.2 Å². The molecule has 0 bridgehead atoms. The Kier molecular flexibility index (Phi) is 5.04. The summed E-state index contributed by atoms with van der Waals surface area (Å²) in [5.74, 6) is 0.667. The van der Waals surface area contributed by atoms with Crippen molar-refractivity contribution in [2.24, 2.45) is 13.0 Å². The highest BCUT2D eigenvalue weighted by Crippen LogP contribution is 2.21. The summed E-state index contributed by atoms with van der Waals surface area (Å²) < 4.78 is 1.68. The van der Waals surface area contributed by atoms with Crippen LogP contribution in [0.2, 0.25) is 0 Å². The fourth-order valence-electron chi connectivity index (χ4n) is 2.70. The molecule has 1 unspecified atom stereocenters. The summed E-state index contributed by atoms with van der Waals surface area (Å²) >= 11 is 0. The molecule has 1 amide bonds. The summed E-state index contributed by atoms with van der Waals surface area (Å²) in [5.41, 5.74) is 1.55.